The first-order valence-corrected chi connectivity index (χ1v) is 8.76. The van der Waals surface area contributed by atoms with Crippen molar-refractivity contribution in [2.75, 3.05) is 5.75 Å². The molecular formula is C13H27NO2S. The van der Waals surface area contributed by atoms with Crippen molar-refractivity contribution in [2.24, 2.45) is 5.73 Å². The van der Waals surface area contributed by atoms with Gasteiger partial charge in [-0.15, -0.1) is 0 Å². The Labute approximate surface area is 106 Å². The first-order chi connectivity index (χ1) is 8.08. The van der Waals surface area contributed by atoms with E-state index in [1.807, 2.05) is 0 Å². The van der Waals surface area contributed by atoms with E-state index >= 15 is 0 Å². The van der Waals surface area contributed by atoms with Crippen LogP contribution in [-0.2, 0) is 9.84 Å². The van der Waals surface area contributed by atoms with Gasteiger partial charge in [-0.1, -0.05) is 45.4 Å². The fraction of sp³-hybridized carbons (Fsp3) is 1.00. The van der Waals surface area contributed by atoms with Gasteiger partial charge in [0.2, 0.25) is 0 Å². The van der Waals surface area contributed by atoms with Crippen LogP contribution in [0.3, 0.4) is 0 Å². The third-order valence-electron chi connectivity index (χ3n) is 3.75. The molecule has 0 spiro atoms. The highest BCUT2D eigenvalue weighted by atomic mass is 32.2. The zero-order valence-corrected chi connectivity index (χ0v) is 11.8. The Morgan fingerprint density at radius 2 is 1.88 bits per heavy atom. The Morgan fingerprint density at radius 3 is 2.53 bits per heavy atom. The molecule has 0 aliphatic carbocycles. The van der Waals surface area contributed by atoms with Crippen LogP contribution < -0.4 is 5.73 Å². The van der Waals surface area contributed by atoms with Crippen molar-refractivity contribution in [3.05, 3.63) is 0 Å². The third-order valence-corrected chi connectivity index (χ3v) is 6.11. The molecule has 1 aliphatic heterocycles. The van der Waals surface area contributed by atoms with Gasteiger partial charge in [0.15, 0.2) is 9.84 Å². The van der Waals surface area contributed by atoms with Crippen LogP contribution >= 0.6 is 0 Å². The van der Waals surface area contributed by atoms with Gasteiger partial charge in [0, 0.05) is 6.04 Å². The van der Waals surface area contributed by atoms with Crippen molar-refractivity contribution in [3.8, 4) is 0 Å². The average Bonchev–Trinajstić information content (AvgIpc) is 2.28. The van der Waals surface area contributed by atoms with E-state index in [-0.39, 0.29) is 11.3 Å². The summed E-state index contributed by atoms with van der Waals surface area (Å²) < 4.78 is 23.8. The van der Waals surface area contributed by atoms with Crippen molar-refractivity contribution in [2.45, 2.75) is 76.0 Å². The standard InChI is InChI=1S/C13H27NO2S/c1-2-3-4-5-6-9-12(14)13-10-7-8-11-17(13,15)16/h12-13H,2-11,14H2,1H3. The predicted octanol–water partition coefficient (Wildman–Crippen LogP) is 2.64. The molecule has 1 heterocycles. The van der Waals surface area contributed by atoms with Gasteiger partial charge in [0.05, 0.1) is 11.0 Å². The van der Waals surface area contributed by atoms with E-state index in [1.54, 1.807) is 0 Å². The molecular weight excluding hydrogens is 234 g/mol. The quantitative estimate of drug-likeness (QED) is 0.717. The van der Waals surface area contributed by atoms with Crippen LogP contribution in [0, 0.1) is 0 Å². The van der Waals surface area contributed by atoms with Gasteiger partial charge >= 0.3 is 0 Å². The Bertz CT molecular complexity index is 301. The van der Waals surface area contributed by atoms with Gasteiger partial charge in [0.25, 0.3) is 0 Å². The maximum atomic E-state index is 11.9. The van der Waals surface area contributed by atoms with E-state index in [0.717, 1.165) is 32.1 Å². The predicted molar refractivity (Wildman–Crippen MR) is 72.8 cm³/mol. The number of nitrogens with two attached hydrogens (primary N) is 1. The molecule has 2 unspecified atom stereocenters. The minimum absolute atomic E-state index is 0.137. The van der Waals surface area contributed by atoms with Crippen molar-refractivity contribution in [1.82, 2.24) is 0 Å². The zero-order valence-electron chi connectivity index (χ0n) is 11.0. The molecule has 0 radical (unpaired) electrons. The average molecular weight is 261 g/mol. The lowest BCUT2D eigenvalue weighted by atomic mass is 10.0. The summed E-state index contributed by atoms with van der Waals surface area (Å²) in [6.07, 6.45) is 9.52. The van der Waals surface area contributed by atoms with Crippen LogP contribution in [0.25, 0.3) is 0 Å². The van der Waals surface area contributed by atoms with Crippen LogP contribution in [0.2, 0.25) is 0 Å². The zero-order chi connectivity index (χ0) is 12.7. The molecule has 0 amide bonds. The van der Waals surface area contributed by atoms with E-state index in [9.17, 15) is 8.42 Å². The molecule has 1 saturated heterocycles. The van der Waals surface area contributed by atoms with Crippen molar-refractivity contribution < 1.29 is 8.42 Å². The van der Waals surface area contributed by atoms with Crippen molar-refractivity contribution >= 4 is 9.84 Å². The summed E-state index contributed by atoms with van der Waals surface area (Å²) in [5, 5.41) is -0.262. The fourth-order valence-electron chi connectivity index (χ4n) is 2.63. The van der Waals surface area contributed by atoms with Gasteiger partial charge in [0.1, 0.15) is 0 Å². The minimum Gasteiger partial charge on any atom is -0.327 e. The second-order valence-electron chi connectivity index (χ2n) is 5.27. The lowest BCUT2D eigenvalue weighted by molar-refractivity contribution is 0.464. The number of hydrogen-bond donors (Lipinski definition) is 1. The number of hydrogen-bond acceptors (Lipinski definition) is 3. The van der Waals surface area contributed by atoms with Gasteiger partial charge in [-0.2, -0.15) is 0 Å². The minimum atomic E-state index is -2.90. The summed E-state index contributed by atoms with van der Waals surface area (Å²) in [7, 11) is -2.90. The molecule has 0 saturated carbocycles. The van der Waals surface area contributed by atoms with Gasteiger partial charge < -0.3 is 5.73 Å². The Hall–Kier alpha value is -0.0900. The summed E-state index contributed by atoms with van der Waals surface area (Å²) >= 11 is 0. The van der Waals surface area contributed by atoms with E-state index in [2.05, 4.69) is 6.92 Å². The van der Waals surface area contributed by atoms with Crippen LogP contribution in [0.5, 0.6) is 0 Å². The highest BCUT2D eigenvalue weighted by Gasteiger charge is 2.33. The number of sulfone groups is 1. The molecule has 2 N–H and O–H groups in total. The molecule has 17 heavy (non-hydrogen) atoms. The van der Waals surface area contributed by atoms with Crippen LogP contribution in [0.4, 0.5) is 0 Å². The van der Waals surface area contributed by atoms with E-state index in [1.165, 1.54) is 25.7 Å². The van der Waals surface area contributed by atoms with Gasteiger partial charge in [-0.05, 0) is 19.3 Å². The smallest absolute Gasteiger partial charge is 0.154 e. The molecule has 1 rings (SSSR count). The monoisotopic (exact) mass is 261 g/mol. The second-order valence-corrected chi connectivity index (χ2v) is 7.61. The first-order valence-electron chi connectivity index (χ1n) is 7.05. The summed E-state index contributed by atoms with van der Waals surface area (Å²) in [4.78, 5) is 0. The lowest BCUT2D eigenvalue weighted by Gasteiger charge is -2.27. The molecule has 4 heteroatoms. The summed E-state index contributed by atoms with van der Waals surface area (Å²) in [6.45, 7) is 2.19. The Morgan fingerprint density at radius 1 is 1.18 bits per heavy atom. The maximum absolute atomic E-state index is 11.9. The molecule has 1 aliphatic rings. The molecule has 0 aromatic heterocycles. The molecule has 0 aromatic rings. The number of rotatable bonds is 7. The highest BCUT2D eigenvalue weighted by Crippen LogP contribution is 2.23. The molecule has 2 atom stereocenters. The van der Waals surface area contributed by atoms with Crippen LogP contribution in [-0.4, -0.2) is 25.5 Å². The molecule has 102 valence electrons. The first kappa shape index (κ1) is 15.0. The normalized spacial score (nSPS) is 25.6. The van der Waals surface area contributed by atoms with Crippen LogP contribution in [0.15, 0.2) is 0 Å². The summed E-state index contributed by atoms with van der Waals surface area (Å²) in [5.41, 5.74) is 6.06. The largest absolute Gasteiger partial charge is 0.327 e. The van der Waals surface area contributed by atoms with E-state index in [0.29, 0.717) is 5.75 Å². The summed E-state index contributed by atoms with van der Waals surface area (Å²) in [5.74, 6) is 0.348. The Kier molecular flexibility index (Phi) is 6.49. The van der Waals surface area contributed by atoms with E-state index < -0.39 is 9.84 Å². The SMILES string of the molecule is CCCCCCCC(N)C1CCCCS1(=O)=O. The molecule has 0 bridgehead atoms. The van der Waals surface area contributed by atoms with Crippen molar-refractivity contribution in [1.29, 1.82) is 0 Å². The third kappa shape index (κ3) is 4.96. The summed E-state index contributed by atoms with van der Waals surface area (Å²) in [6, 6.07) is -0.137. The second kappa shape index (κ2) is 7.37. The Balaban J connectivity index is 2.28. The van der Waals surface area contributed by atoms with Gasteiger partial charge in [-0.25, -0.2) is 8.42 Å². The van der Waals surface area contributed by atoms with Crippen LogP contribution in [0.1, 0.15) is 64.7 Å². The lowest BCUT2D eigenvalue weighted by Crippen LogP contribution is -2.43. The maximum Gasteiger partial charge on any atom is 0.154 e. The number of unbranched alkanes of at least 4 members (excludes halogenated alkanes) is 4. The fourth-order valence-corrected chi connectivity index (χ4v) is 4.73. The molecule has 0 aromatic carbocycles. The highest BCUT2D eigenvalue weighted by molar-refractivity contribution is 7.92. The topological polar surface area (TPSA) is 60.2 Å². The molecule has 1 fully saturated rings. The van der Waals surface area contributed by atoms with E-state index in [4.69, 9.17) is 5.73 Å². The van der Waals surface area contributed by atoms with Crippen molar-refractivity contribution in [3.63, 3.8) is 0 Å². The molecule has 3 nitrogen and oxygen atoms in total. The van der Waals surface area contributed by atoms with Gasteiger partial charge in [-0.3, -0.25) is 0 Å².